The zero-order valence-corrected chi connectivity index (χ0v) is 14.0. The third kappa shape index (κ3) is 4.81. The third-order valence-electron chi connectivity index (χ3n) is 3.39. The van der Waals surface area contributed by atoms with Crippen LogP contribution in [-0.4, -0.2) is 24.2 Å². The van der Waals surface area contributed by atoms with Crippen molar-refractivity contribution >= 4 is 22.9 Å². The van der Waals surface area contributed by atoms with E-state index in [1.165, 1.54) is 6.08 Å². The van der Waals surface area contributed by atoms with Crippen molar-refractivity contribution in [1.29, 1.82) is 0 Å². The van der Waals surface area contributed by atoms with Gasteiger partial charge in [0, 0.05) is 17.2 Å². The summed E-state index contributed by atoms with van der Waals surface area (Å²) >= 11 is 0. The summed E-state index contributed by atoms with van der Waals surface area (Å²) in [5, 5.41) is 0.963. The molecule has 2 aromatic rings. The molecule has 23 heavy (non-hydrogen) atoms. The first kappa shape index (κ1) is 17.0. The lowest BCUT2D eigenvalue weighted by molar-refractivity contribution is -0.137. The molecule has 0 amide bonds. The number of pyridine rings is 1. The number of rotatable bonds is 7. The first-order valence-electron chi connectivity index (χ1n) is 8.03. The van der Waals surface area contributed by atoms with Gasteiger partial charge in [-0.15, -0.1) is 0 Å². The number of aryl methyl sites for hydroxylation is 1. The van der Waals surface area contributed by atoms with Crippen LogP contribution in [0, 0.1) is 6.92 Å². The molecule has 0 atom stereocenters. The molecule has 4 nitrogen and oxygen atoms in total. The van der Waals surface area contributed by atoms with Crippen molar-refractivity contribution in [1.82, 2.24) is 4.98 Å². The van der Waals surface area contributed by atoms with Gasteiger partial charge in [-0.1, -0.05) is 13.3 Å². The molecule has 1 aromatic heterocycles. The lowest BCUT2D eigenvalue weighted by Crippen LogP contribution is -1.99. The largest absolute Gasteiger partial charge is 0.494 e. The number of nitrogens with zero attached hydrogens (tertiary/aromatic N) is 1. The Morgan fingerprint density at radius 3 is 2.83 bits per heavy atom. The molecule has 0 fully saturated rings. The molecular formula is C19H23NO3. The van der Waals surface area contributed by atoms with Crippen LogP contribution in [0.5, 0.6) is 5.75 Å². The molecule has 4 heteroatoms. The molecule has 0 spiro atoms. The average Bonchev–Trinajstić information content (AvgIpc) is 2.53. The Morgan fingerprint density at radius 2 is 2.09 bits per heavy atom. The van der Waals surface area contributed by atoms with E-state index in [-0.39, 0.29) is 5.97 Å². The number of ether oxygens (including phenoxy) is 2. The summed E-state index contributed by atoms with van der Waals surface area (Å²) in [4.78, 5) is 16.1. The number of hydrogen-bond donors (Lipinski definition) is 0. The summed E-state index contributed by atoms with van der Waals surface area (Å²) in [5.74, 6) is 0.479. The van der Waals surface area contributed by atoms with E-state index >= 15 is 0 Å². The maximum atomic E-state index is 11.5. The second-order valence-corrected chi connectivity index (χ2v) is 5.32. The lowest BCUT2D eigenvalue weighted by Gasteiger charge is -2.09. The molecule has 0 saturated heterocycles. The quantitative estimate of drug-likeness (QED) is 0.434. The fraction of sp³-hybridized carbons (Fsp3) is 0.368. The first-order chi connectivity index (χ1) is 11.1. The van der Waals surface area contributed by atoms with E-state index in [9.17, 15) is 4.79 Å². The number of unbranched alkanes of at least 4 members (excludes halogenated alkanes) is 1. The van der Waals surface area contributed by atoms with Gasteiger partial charge in [-0.05, 0) is 56.2 Å². The van der Waals surface area contributed by atoms with E-state index in [0.717, 1.165) is 40.8 Å². The highest BCUT2D eigenvalue weighted by Crippen LogP contribution is 2.25. The van der Waals surface area contributed by atoms with E-state index < -0.39 is 0 Å². The summed E-state index contributed by atoms with van der Waals surface area (Å²) in [6.45, 7) is 6.93. The molecule has 1 aromatic carbocycles. The highest BCUT2D eigenvalue weighted by molar-refractivity contribution is 5.94. The first-order valence-corrected chi connectivity index (χ1v) is 8.03. The second-order valence-electron chi connectivity index (χ2n) is 5.32. The maximum absolute atomic E-state index is 11.5. The van der Waals surface area contributed by atoms with E-state index in [1.807, 2.05) is 31.2 Å². The van der Waals surface area contributed by atoms with Crippen molar-refractivity contribution in [2.45, 2.75) is 33.6 Å². The van der Waals surface area contributed by atoms with Crippen LogP contribution in [0.3, 0.4) is 0 Å². The zero-order chi connectivity index (χ0) is 16.7. The topological polar surface area (TPSA) is 48.4 Å². The fourth-order valence-electron chi connectivity index (χ4n) is 2.28. The number of carbonyl (C=O) groups is 1. The van der Waals surface area contributed by atoms with Crippen LogP contribution >= 0.6 is 0 Å². The predicted molar refractivity (Wildman–Crippen MR) is 92.6 cm³/mol. The number of aromatic nitrogens is 1. The van der Waals surface area contributed by atoms with E-state index in [0.29, 0.717) is 13.2 Å². The van der Waals surface area contributed by atoms with Gasteiger partial charge in [0.25, 0.3) is 0 Å². The van der Waals surface area contributed by atoms with Crippen molar-refractivity contribution in [3.63, 3.8) is 0 Å². The second kappa shape index (κ2) is 8.32. The van der Waals surface area contributed by atoms with Crippen LogP contribution in [0.15, 0.2) is 30.3 Å². The molecule has 0 radical (unpaired) electrons. The van der Waals surface area contributed by atoms with Gasteiger partial charge in [-0.2, -0.15) is 0 Å². The number of carbonyl (C=O) groups excluding carboxylic acids is 1. The summed E-state index contributed by atoms with van der Waals surface area (Å²) in [6, 6.07) is 7.81. The Balaban J connectivity index is 2.33. The Labute approximate surface area is 137 Å². The highest BCUT2D eigenvalue weighted by Gasteiger charge is 2.05. The van der Waals surface area contributed by atoms with Gasteiger partial charge in [0.2, 0.25) is 0 Å². The minimum Gasteiger partial charge on any atom is -0.494 e. The molecule has 0 aliphatic rings. The Hall–Kier alpha value is -2.36. The van der Waals surface area contributed by atoms with E-state index in [4.69, 9.17) is 9.47 Å². The van der Waals surface area contributed by atoms with Gasteiger partial charge in [0.15, 0.2) is 0 Å². The van der Waals surface area contributed by atoms with Gasteiger partial charge in [0.05, 0.1) is 18.7 Å². The van der Waals surface area contributed by atoms with Crippen molar-refractivity contribution in [2.75, 3.05) is 13.2 Å². The van der Waals surface area contributed by atoms with Crippen LogP contribution < -0.4 is 4.74 Å². The normalized spacial score (nSPS) is 11.1. The summed E-state index contributed by atoms with van der Waals surface area (Å²) in [5.41, 5.74) is 2.72. The standard InChI is InChI=1S/C19H23NO3/c1-4-6-11-23-16-8-9-18-17(13-16)15(12-14(3)20-18)7-10-19(21)22-5-2/h7-10,12-13H,4-6,11H2,1-3H3/b10-7+. The third-order valence-corrected chi connectivity index (χ3v) is 3.39. The smallest absolute Gasteiger partial charge is 0.330 e. The predicted octanol–water partition coefficient (Wildman–Crippen LogP) is 4.30. The Morgan fingerprint density at radius 1 is 1.26 bits per heavy atom. The number of hydrogen-bond acceptors (Lipinski definition) is 4. The van der Waals surface area contributed by atoms with Crippen molar-refractivity contribution in [2.24, 2.45) is 0 Å². The van der Waals surface area contributed by atoms with Crippen LogP contribution in [0.2, 0.25) is 0 Å². The van der Waals surface area contributed by atoms with Gasteiger partial charge < -0.3 is 9.47 Å². The summed E-state index contributed by atoms with van der Waals surface area (Å²) < 4.78 is 10.7. The number of benzene rings is 1. The molecule has 0 aliphatic heterocycles. The molecule has 0 saturated carbocycles. The van der Waals surface area contributed by atoms with Gasteiger partial charge in [-0.3, -0.25) is 4.98 Å². The minimum absolute atomic E-state index is 0.342. The van der Waals surface area contributed by atoms with Crippen molar-refractivity contribution < 1.29 is 14.3 Å². The monoisotopic (exact) mass is 313 g/mol. The molecule has 0 bridgehead atoms. The van der Waals surface area contributed by atoms with Crippen LogP contribution in [0.25, 0.3) is 17.0 Å². The van der Waals surface area contributed by atoms with Gasteiger partial charge in [-0.25, -0.2) is 4.79 Å². The van der Waals surface area contributed by atoms with Crippen LogP contribution in [0.4, 0.5) is 0 Å². The Bertz CT molecular complexity index is 707. The molecule has 122 valence electrons. The van der Waals surface area contributed by atoms with Crippen LogP contribution in [-0.2, 0) is 9.53 Å². The molecule has 2 rings (SSSR count). The zero-order valence-electron chi connectivity index (χ0n) is 14.0. The van der Waals surface area contributed by atoms with E-state index in [2.05, 4.69) is 11.9 Å². The van der Waals surface area contributed by atoms with Gasteiger partial charge in [0.1, 0.15) is 5.75 Å². The minimum atomic E-state index is -0.342. The summed E-state index contributed by atoms with van der Waals surface area (Å²) in [7, 11) is 0. The fourth-order valence-corrected chi connectivity index (χ4v) is 2.28. The summed E-state index contributed by atoms with van der Waals surface area (Å²) in [6.07, 6.45) is 5.34. The highest BCUT2D eigenvalue weighted by atomic mass is 16.5. The molecule has 1 heterocycles. The molecule has 0 aliphatic carbocycles. The lowest BCUT2D eigenvalue weighted by atomic mass is 10.1. The SMILES string of the molecule is CCCCOc1ccc2nc(C)cc(/C=C/C(=O)OCC)c2c1. The maximum Gasteiger partial charge on any atom is 0.330 e. The van der Waals surface area contributed by atoms with Crippen molar-refractivity contribution in [3.8, 4) is 5.75 Å². The Kier molecular flexibility index (Phi) is 6.15. The number of fused-ring (bicyclic) bond motifs is 1. The van der Waals surface area contributed by atoms with Crippen molar-refractivity contribution in [3.05, 3.63) is 41.6 Å². The number of esters is 1. The molecule has 0 unspecified atom stereocenters. The molecular weight excluding hydrogens is 290 g/mol. The average molecular weight is 313 g/mol. The van der Waals surface area contributed by atoms with Crippen LogP contribution in [0.1, 0.15) is 37.9 Å². The molecule has 0 N–H and O–H groups in total. The van der Waals surface area contributed by atoms with Gasteiger partial charge >= 0.3 is 5.97 Å². The van der Waals surface area contributed by atoms with E-state index in [1.54, 1.807) is 13.0 Å².